The highest BCUT2D eigenvalue weighted by atomic mass is 79.9. The number of nitrogens with zero attached hydrogens (tertiary/aromatic N) is 3. The number of furan rings is 2. The first-order chi connectivity index (χ1) is 14.0. The third-order valence-corrected chi connectivity index (χ3v) is 4.27. The minimum absolute atomic E-state index is 0.0136. The number of rotatable bonds is 9. The van der Waals surface area contributed by atoms with E-state index >= 15 is 0 Å². The zero-order chi connectivity index (χ0) is 20.8. The van der Waals surface area contributed by atoms with Crippen molar-refractivity contribution in [1.29, 1.82) is 0 Å². The van der Waals surface area contributed by atoms with Crippen LogP contribution in [0.4, 0.5) is 0 Å². The number of carbonyl (C=O) groups is 2. The third kappa shape index (κ3) is 5.47. The van der Waals surface area contributed by atoms with Crippen LogP contribution in [-0.4, -0.2) is 39.7 Å². The number of aromatic nitrogens is 2. The molecule has 3 aromatic heterocycles. The Bertz CT molecular complexity index is 1020. The molecule has 0 spiro atoms. The van der Waals surface area contributed by atoms with Crippen LogP contribution in [0, 0.1) is 0 Å². The normalized spacial score (nSPS) is 10.8. The van der Waals surface area contributed by atoms with Crippen molar-refractivity contribution in [3.05, 3.63) is 51.5 Å². The maximum Gasteiger partial charge on any atom is 0.437 e. The molecule has 0 aliphatic carbocycles. The monoisotopic (exact) mass is 467 g/mol. The van der Waals surface area contributed by atoms with Crippen molar-refractivity contribution in [2.75, 3.05) is 13.2 Å². The summed E-state index contributed by atoms with van der Waals surface area (Å²) in [5, 5.41) is 4.00. The lowest BCUT2D eigenvalue weighted by Gasteiger charge is -2.21. The van der Waals surface area contributed by atoms with E-state index in [4.69, 9.17) is 18.0 Å². The molecule has 0 aliphatic heterocycles. The molecule has 10 nitrogen and oxygen atoms in total. The molecule has 0 saturated carbocycles. The molecule has 0 radical (unpaired) electrons. The number of carbonyl (C=O) groups excluding carboxylic acids is 2. The molecule has 0 aliphatic rings. The lowest BCUT2D eigenvalue weighted by atomic mass is 10.3. The molecule has 1 amide bonds. The number of amides is 1. The highest BCUT2D eigenvalue weighted by Crippen LogP contribution is 2.22. The minimum atomic E-state index is -0.802. The molecular formula is C18H18BrN3O7. The van der Waals surface area contributed by atoms with E-state index < -0.39 is 17.6 Å². The molecule has 3 rings (SSSR count). The standard InChI is InChI=1S/C18H18BrN3O7/c1-2-26-16(24)7-8-21(10-12-4-3-9-27-12)15(23)11-22-18(25)29-17(20-22)13-5-6-14(19)28-13/h3-6,9H,2,7-8,10-11H2,1H3. The van der Waals surface area contributed by atoms with Crippen LogP contribution in [0.15, 0.2) is 53.2 Å². The minimum Gasteiger partial charge on any atom is -0.467 e. The zero-order valence-corrected chi connectivity index (χ0v) is 17.1. The van der Waals surface area contributed by atoms with Gasteiger partial charge in [0.25, 0.3) is 5.89 Å². The van der Waals surface area contributed by atoms with E-state index in [0.29, 0.717) is 10.4 Å². The fourth-order valence-corrected chi connectivity index (χ4v) is 2.81. The van der Waals surface area contributed by atoms with E-state index in [1.54, 1.807) is 31.2 Å². The SMILES string of the molecule is CCOC(=O)CCN(Cc1ccco1)C(=O)Cn1nc(-c2ccc(Br)o2)oc1=O. The average molecular weight is 468 g/mol. The van der Waals surface area contributed by atoms with Crippen molar-refractivity contribution in [2.24, 2.45) is 0 Å². The van der Waals surface area contributed by atoms with Gasteiger partial charge in [-0.3, -0.25) is 9.59 Å². The molecule has 0 fully saturated rings. The summed E-state index contributed by atoms with van der Waals surface area (Å²) >= 11 is 3.15. The van der Waals surface area contributed by atoms with Crippen molar-refractivity contribution >= 4 is 27.8 Å². The fraction of sp³-hybridized carbons (Fsp3) is 0.333. The molecule has 29 heavy (non-hydrogen) atoms. The van der Waals surface area contributed by atoms with Gasteiger partial charge in [0.1, 0.15) is 12.3 Å². The lowest BCUT2D eigenvalue weighted by Crippen LogP contribution is -2.37. The molecule has 0 aromatic carbocycles. The van der Waals surface area contributed by atoms with Crippen molar-refractivity contribution in [1.82, 2.24) is 14.7 Å². The Balaban J connectivity index is 1.72. The fourth-order valence-electron chi connectivity index (χ4n) is 2.51. The van der Waals surface area contributed by atoms with Crippen LogP contribution in [0.25, 0.3) is 11.7 Å². The molecule has 0 atom stereocenters. The molecular weight excluding hydrogens is 450 g/mol. The van der Waals surface area contributed by atoms with E-state index in [2.05, 4.69) is 21.0 Å². The van der Waals surface area contributed by atoms with Crippen LogP contribution in [-0.2, 0) is 27.4 Å². The summed E-state index contributed by atoms with van der Waals surface area (Å²) in [5.74, 6) is -0.921. The maximum absolute atomic E-state index is 12.8. The predicted molar refractivity (Wildman–Crippen MR) is 102 cm³/mol. The van der Waals surface area contributed by atoms with Gasteiger partial charge in [-0.2, -0.15) is 4.68 Å². The second kappa shape index (κ2) is 9.41. The number of hydrogen-bond donors (Lipinski definition) is 0. The summed E-state index contributed by atoms with van der Waals surface area (Å²) in [6.45, 7) is 1.83. The zero-order valence-electron chi connectivity index (χ0n) is 15.5. The Morgan fingerprint density at radius 2 is 2.10 bits per heavy atom. The first kappa shape index (κ1) is 20.6. The van der Waals surface area contributed by atoms with Gasteiger partial charge in [-0.1, -0.05) is 0 Å². The summed E-state index contributed by atoms with van der Waals surface area (Å²) in [6, 6.07) is 6.60. The summed E-state index contributed by atoms with van der Waals surface area (Å²) in [4.78, 5) is 37.9. The summed E-state index contributed by atoms with van der Waals surface area (Å²) in [7, 11) is 0. The van der Waals surface area contributed by atoms with E-state index in [9.17, 15) is 14.4 Å². The summed E-state index contributed by atoms with van der Waals surface area (Å²) < 4.78 is 21.9. The van der Waals surface area contributed by atoms with Crippen LogP contribution in [0.2, 0.25) is 0 Å². The molecule has 3 aromatic rings. The summed E-state index contributed by atoms with van der Waals surface area (Å²) in [6.07, 6.45) is 1.50. The highest BCUT2D eigenvalue weighted by molar-refractivity contribution is 9.10. The molecule has 3 heterocycles. The van der Waals surface area contributed by atoms with Gasteiger partial charge < -0.3 is 22.9 Å². The largest absolute Gasteiger partial charge is 0.467 e. The Hall–Kier alpha value is -3.08. The van der Waals surface area contributed by atoms with Crippen LogP contribution in [0.1, 0.15) is 19.1 Å². The Morgan fingerprint density at radius 3 is 2.76 bits per heavy atom. The average Bonchev–Trinajstić information content (AvgIpc) is 3.41. The van der Waals surface area contributed by atoms with Gasteiger partial charge in [-0.25, -0.2) is 4.79 Å². The van der Waals surface area contributed by atoms with Gasteiger partial charge in [0, 0.05) is 6.54 Å². The molecule has 0 bridgehead atoms. The quantitative estimate of drug-likeness (QED) is 0.439. The van der Waals surface area contributed by atoms with Crippen LogP contribution in [0.3, 0.4) is 0 Å². The van der Waals surface area contributed by atoms with E-state index in [0.717, 1.165) is 4.68 Å². The summed E-state index contributed by atoms with van der Waals surface area (Å²) in [5.41, 5.74) is 0. The molecule has 0 unspecified atom stereocenters. The first-order valence-electron chi connectivity index (χ1n) is 8.75. The van der Waals surface area contributed by atoms with Gasteiger partial charge in [-0.15, -0.1) is 5.10 Å². The molecule has 11 heteroatoms. The second-order valence-electron chi connectivity index (χ2n) is 5.88. The maximum atomic E-state index is 12.8. The number of hydrogen-bond acceptors (Lipinski definition) is 8. The lowest BCUT2D eigenvalue weighted by molar-refractivity contribution is -0.144. The van der Waals surface area contributed by atoms with E-state index in [-0.39, 0.29) is 44.3 Å². The second-order valence-corrected chi connectivity index (χ2v) is 6.67. The number of halogens is 1. The van der Waals surface area contributed by atoms with Gasteiger partial charge in [0.2, 0.25) is 5.91 Å². The third-order valence-electron chi connectivity index (χ3n) is 3.85. The van der Waals surface area contributed by atoms with Crippen molar-refractivity contribution in [3.8, 4) is 11.7 Å². The van der Waals surface area contributed by atoms with Crippen LogP contribution < -0.4 is 5.76 Å². The van der Waals surface area contributed by atoms with E-state index in [1.807, 2.05) is 0 Å². The number of ether oxygens (including phenoxy) is 1. The van der Waals surface area contributed by atoms with Gasteiger partial charge in [0.15, 0.2) is 10.4 Å². The van der Waals surface area contributed by atoms with Gasteiger partial charge in [-0.05, 0) is 47.1 Å². The Kier molecular flexibility index (Phi) is 6.70. The Labute approximate surface area is 173 Å². The van der Waals surface area contributed by atoms with Crippen molar-refractivity contribution in [3.63, 3.8) is 0 Å². The smallest absolute Gasteiger partial charge is 0.437 e. The van der Waals surface area contributed by atoms with E-state index in [1.165, 1.54) is 11.2 Å². The Morgan fingerprint density at radius 1 is 1.28 bits per heavy atom. The predicted octanol–water partition coefficient (Wildman–Crippen LogP) is 2.43. The highest BCUT2D eigenvalue weighted by Gasteiger charge is 2.21. The first-order valence-corrected chi connectivity index (χ1v) is 9.55. The van der Waals surface area contributed by atoms with Crippen LogP contribution in [0.5, 0.6) is 0 Å². The van der Waals surface area contributed by atoms with Crippen molar-refractivity contribution < 1.29 is 27.6 Å². The van der Waals surface area contributed by atoms with Gasteiger partial charge in [0.05, 0.1) is 25.8 Å². The number of esters is 1. The molecule has 0 saturated heterocycles. The van der Waals surface area contributed by atoms with Crippen molar-refractivity contribution in [2.45, 2.75) is 26.4 Å². The molecule has 154 valence electrons. The van der Waals surface area contributed by atoms with Gasteiger partial charge >= 0.3 is 11.7 Å². The molecule has 0 N–H and O–H groups in total. The van der Waals surface area contributed by atoms with Crippen LogP contribution >= 0.6 is 15.9 Å². The topological polar surface area (TPSA) is 121 Å².